The van der Waals surface area contributed by atoms with Crippen LogP contribution in [0.4, 0.5) is 11.5 Å². The number of hydrogen-bond acceptors (Lipinski definition) is 3. The van der Waals surface area contributed by atoms with E-state index in [1.807, 2.05) is 0 Å². The van der Waals surface area contributed by atoms with E-state index >= 15 is 0 Å². The summed E-state index contributed by atoms with van der Waals surface area (Å²) in [5.74, 6) is 0.402. The van der Waals surface area contributed by atoms with Gasteiger partial charge in [-0.25, -0.2) is 4.98 Å². The van der Waals surface area contributed by atoms with Crippen molar-refractivity contribution in [3.8, 4) is 0 Å². The van der Waals surface area contributed by atoms with Crippen molar-refractivity contribution in [2.75, 3.05) is 10.6 Å². The Morgan fingerprint density at radius 3 is 2.62 bits per heavy atom. The largest absolute Gasteiger partial charge is 0.326 e. The van der Waals surface area contributed by atoms with Crippen LogP contribution in [0, 0.1) is 5.92 Å². The third-order valence-electron chi connectivity index (χ3n) is 3.25. The molecule has 3 rings (SSSR count). The highest BCUT2D eigenvalue weighted by Gasteiger charge is 2.29. The second-order valence-corrected chi connectivity index (χ2v) is 5.01. The molecule has 2 N–H and O–H groups in total. The molecule has 106 valence electrons. The number of nitrogens with one attached hydrogen (secondary N) is 2. The standard InChI is InChI=1S/C16H15N3O2/c20-15(11-7-8-11)18-13-5-3-4-12(10-13)16(21)19-14-6-1-2-9-17-14/h1-6,9-11H,7-8H2,(H,18,20)(H,17,19,21). The van der Waals surface area contributed by atoms with Crippen LogP contribution in [0.1, 0.15) is 23.2 Å². The minimum absolute atomic E-state index is 0.0253. The number of anilines is 2. The van der Waals surface area contributed by atoms with Crippen molar-refractivity contribution in [3.05, 3.63) is 54.2 Å². The van der Waals surface area contributed by atoms with E-state index in [9.17, 15) is 9.59 Å². The predicted molar refractivity (Wildman–Crippen MR) is 80.0 cm³/mol. The van der Waals surface area contributed by atoms with Crippen LogP contribution >= 0.6 is 0 Å². The molecule has 1 aliphatic carbocycles. The van der Waals surface area contributed by atoms with Gasteiger partial charge in [-0.2, -0.15) is 0 Å². The quantitative estimate of drug-likeness (QED) is 0.905. The Bertz CT molecular complexity index is 666. The first-order valence-corrected chi connectivity index (χ1v) is 6.86. The molecule has 2 aromatic rings. The van der Waals surface area contributed by atoms with E-state index in [1.165, 1.54) is 0 Å². The summed E-state index contributed by atoms with van der Waals surface area (Å²) in [6, 6.07) is 12.2. The van der Waals surface area contributed by atoms with Gasteiger partial charge in [-0.3, -0.25) is 9.59 Å². The number of carbonyl (C=O) groups excluding carboxylic acids is 2. The van der Waals surface area contributed by atoms with Gasteiger partial charge < -0.3 is 10.6 Å². The third kappa shape index (κ3) is 3.45. The Hall–Kier alpha value is -2.69. The number of rotatable bonds is 4. The Morgan fingerprint density at radius 1 is 1.05 bits per heavy atom. The lowest BCUT2D eigenvalue weighted by Crippen LogP contribution is -2.15. The molecule has 0 spiro atoms. The molecule has 0 aliphatic heterocycles. The summed E-state index contributed by atoms with van der Waals surface area (Å²) in [5, 5.41) is 5.54. The van der Waals surface area contributed by atoms with Gasteiger partial charge in [0.05, 0.1) is 0 Å². The number of aromatic nitrogens is 1. The van der Waals surface area contributed by atoms with Crippen LogP contribution in [0.15, 0.2) is 48.7 Å². The van der Waals surface area contributed by atoms with Gasteiger partial charge in [0, 0.05) is 23.4 Å². The summed E-state index contributed by atoms with van der Waals surface area (Å²) in [4.78, 5) is 27.9. The summed E-state index contributed by atoms with van der Waals surface area (Å²) >= 11 is 0. The molecule has 2 amide bonds. The molecular formula is C16H15N3O2. The lowest BCUT2D eigenvalue weighted by atomic mass is 10.2. The normalized spacial score (nSPS) is 13.5. The van der Waals surface area contributed by atoms with Gasteiger partial charge >= 0.3 is 0 Å². The lowest BCUT2D eigenvalue weighted by molar-refractivity contribution is -0.117. The van der Waals surface area contributed by atoms with Gasteiger partial charge in [-0.05, 0) is 43.2 Å². The molecule has 0 radical (unpaired) electrons. The summed E-state index contributed by atoms with van der Waals surface area (Å²) < 4.78 is 0. The minimum Gasteiger partial charge on any atom is -0.326 e. The number of hydrogen-bond donors (Lipinski definition) is 2. The number of amides is 2. The van der Waals surface area contributed by atoms with E-state index in [-0.39, 0.29) is 17.7 Å². The topological polar surface area (TPSA) is 71.1 Å². The summed E-state index contributed by atoms with van der Waals surface area (Å²) in [6.45, 7) is 0. The van der Waals surface area contributed by atoms with E-state index in [0.29, 0.717) is 17.1 Å². The van der Waals surface area contributed by atoms with Crippen molar-refractivity contribution >= 4 is 23.3 Å². The lowest BCUT2D eigenvalue weighted by Gasteiger charge is -2.07. The van der Waals surface area contributed by atoms with Crippen LogP contribution in [0.3, 0.4) is 0 Å². The zero-order chi connectivity index (χ0) is 14.7. The second kappa shape index (κ2) is 5.75. The Morgan fingerprint density at radius 2 is 1.90 bits per heavy atom. The Kier molecular flexibility index (Phi) is 3.64. The molecule has 5 nitrogen and oxygen atoms in total. The Labute approximate surface area is 122 Å². The van der Waals surface area contributed by atoms with Crippen LogP contribution in [-0.2, 0) is 4.79 Å². The monoisotopic (exact) mass is 281 g/mol. The van der Waals surface area contributed by atoms with Gasteiger partial charge in [0.2, 0.25) is 5.91 Å². The van der Waals surface area contributed by atoms with Gasteiger partial charge in [-0.1, -0.05) is 12.1 Å². The molecule has 1 aromatic heterocycles. The fraction of sp³-hybridized carbons (Fsp3) is 0.188. The van der Waals surface area contributed by atoms with Gasteiger partial charge in [0.1, 0.15) is 5.82 Å². The summed E-state index contributed by atoms with van der Waals surface area (Å²) in [5.41, 5.74) is 1.12. The third-order valence-corrected chi connectivity index (χ3v) is 3.25. The molecular weight excluding hydrogens is 266 g/mol. The van der Waals surface area contributed by atoms with Crippen molar-refractivity contribution in [2.24, 2.45) is 5.92 Å². The van der Waals surface area contributed by atoms with Crippen molar-refractivity contribution in [3.63, 3.8) is 0 Å². The molecule has 0 saturated heterocycles. The SMILES string of the molecule is O=C(Nc1ccccn1)c1cccc(NC(=O)C2CC2)c1. The summed E-state index contributed by atoms with van der Waals surface area (Å²) in [7, 11) is 0. The summed E-state index contributed by atoms with van der Waals surface area (Å²) in [6.07, 6.45) is 3.51. The molecule has 0 atom stereocenters. The molecule has 1 saturated carbocycles. The minimum atomic E-state index is -0.253. The fourth-order valence-electron chi connectivity index (χ4n) is 1.95. The molecule has 21 heavy (non-hydrogen) atoms. The van der Waals surface area contributed by atoms with Crippen LogP contribution < -0.4 is 10.6 Å². The van der Waals surface area contributed by atoms with Gasteiger partial charge in [0.25, 0.3) is 5.91 Å². The van der Waals surface area contributed by atoms with E-state index < -0.39 is 0 Å². The number of nitrogens with zero attached hydrogens (tertiary/aromatic N) is 1. The molecule has 1 fully saturated rings. The van der Waals surface area contributed by atoms with Crippen LogP contribution in [-0.4, -0.2) is 16.8 Å². The maximum absolute atomic E-state index is 12.1. The van der Waals surface area contributed by atoms with E-state index in [4.69, 9.17) is 0 Å². The highest BCUT2D eigenvalue weighted by atomic mass is 16.2. The Balaban J connectivity index is 1.69. The zero-order valence-electron chi connectivity index (χ0n) is 11.4. The van der Waals surface area contributed by atoms with E-state index in [1.54, 1.807) is 48.7 Å². The van der Waals surface area contributed by atoms with E-state index in [0.717, 1.165) is 12.8 Å². The molecule has 1 heterocycles. The molecule has 0 bridgehead atoms. The maximum Gasteiger partial charge on any atom is 0.256 e. The van der Waals surface area contributed by atoms with E-state index in [2.05, 4.69) is 15.6 Å². The van der Waals surface area contributed by atoms with Gasteiger partial charge in [-0.15, -0.1) is 0 Å². The number of carbonyl (C=O) groups is 2. The molecule has 0 unspecified atom stereocenters. The highest BCUT2D eigenvalue weighted by Crippen LogP contribution is 2.30. The molecule has 5 heteroatoms. The van der Waals surface area contributed by atoms with Crippen LogP contribution in [0.2, 0.25) is 0 Å². The first-order valence-electron chi connectivity index (χ1n) is 6.86. The maximum atomic E-state index is 12.1. The average Bonchev–Trinajstić information content (AvgIpc) is 3.33. The number of benzene rings is 1. The smallest absolute Gasteiger partial charge is 0.256 e. The van der Waals surface area contributed by atoms with Crippen molar-refractivity contribution in [1.82, 2.24) is 4.98 Å². The predicted octanol–water partition coefficient (Wildman–Crippen LogP) is 2.68. The van der Waals surface area contributed by atoms with Gasteiger partial charge in [0.15, 0.2) is 0 Å². The molecule has 1 aromatic carbocycles. The van der Waals surface area contributed by atoms with Crippen molar-refractivity contribution < 1.29 is 9.59 Å². The van der Waals surface area contributed by atoms with Crippen molar-refractivity contribution in [2.45, 2.75) is 12.8 Å². The van der Waals surface area contributed by atoms with Crippen LogP contribution in [0.25, 0.3) is 0 Å². The molecule has 1 aliphatic rings. The number of pyridine rings is 1. The van der Waals surface area contributed by atoms with Crippen LogP contribution in [0.5, 0.6) is 0 Å². The second-order valence-electron chi connectivity index (χ2n) is 5.01. The fourth-order valence-corrected chi connectivity index (χ4v) is 1.95. The first-order chi connectivity index (χ1) is 10.2. The van der Waals surface area contributed by atoms with Crippen molar-refractivity contribution in [1.29, 1.82) is 0 Å². The average molecular weight is 281 g/mol. The first kappa shape index (κ1) is 13.3. The highest BCUT2D eigenvalue weighted by molar-refractivity contribution is 6.05. The zero-order valence-corrected chi connectivity index (χ0v) is 11.4.